The summed E-state index contributed by atoms with van der Waals surface area (Å²) in [6.45, 7) is 10.7. The van der Waals surface area contributed by atoms with Gasteiger partial charge in [0, 0.05) is 0 Å². The average Bonchev–Trinajstić information content (AvgIpc) is 3.27. The van der Waals surface area contributed by atoms with Gasteiger partial charge in [0.15, 0.2) is 0 Å². The molecule has 4 aromatic rings. The van der Waals surface area contributed by atoms with Crippen molar-refractivity contribution in [2.24, 2.45) is 5.92 Å². The molecule has 0 saturated carbocycles. The Balaban J connectivity index is 0.000000248. The number of allylic oxidation sites excluding steroid dienone is 4. The molecule has 0 aliphatic heterocycles. The van der Waals surface area contributed by atoms with Gasteiger partial charge in [0.2, 0.25) is 0 Å². The molecular formula is C30H30Cl2Zr-2. The summed E-state index contributed by atoms with van der Waals surface area (Å²) in [5.74, 6) is 0.551. The van der Waals surface area contributed by atoms with E-state index in [9.17, 15) is 0 Å². The molecule has 170 valence electrons. The zero-order valence-electron chi connectivity index (χ0n) is 19.9. The zero-order chi connectivity index (χ0) is 22.4. The zero-order valence-corrected chi connectivity index (χ0v) is 23.9. The second-order valence-corrected chi connectivity index (χ2v) is 10.1. The predicted octanol–water partition coefficient (Wildman–Crippen LogP) is 2.13. The average molecular weight is 553 g/mol. The first-order chi connectivity index (χ1) is 14.8. The van der Waals surface area contributed by atoms with Crippen LogP contribution in [0.5, 0.6) is 0 Å². The Hall–Kier alpha value is -1.66. The fourth-order valence-corrected chi connectivity index (χ4v) is 4.11. The summed E-state index contributed by atoms with van der Waals surface area (Å²) >= 11 is 1.51. The quantitative estimate of drug-likeness (QED) is 0.318. The van der Waals surface area contributed by atoms with Crippen molar-refractivity contribution in [3.05, 3.63) is 113 Å². The molecule has 33 heavy (non-hydrogen) atoms. The molecule has 4 aromatic carbocycles. The SMILES string of the molecule is CC1=[C-]C(C)C=C1C.C[C](=[Zr+2])c1ccc(C)cc1.[Cl-].[Cl-].c1ccc2c(c1)[cH-]c1ccccc12. The normalized spacial score (nSPS) is 14.0. The first-order valence-corrected chi connectivity index (χ1v) is 12.0. The molecule has 1 aliphatic carbocycles. The third kappa shape index (κ3) is 8.25. The summed E-state index contributed by atoms with van der Waals surface area (Å²) in [5.41, 5.74) is 5.42. The Morgan fingerprint density at radius 1 is 0.788 bits per heavy atom. The molecule has 5 rings (SSSR count). The summed E-state index contributed by atoms with van der Waals surface area (Å²) < 4.78 is 1.46. The molecule has 0 radical (unpaired) electrons. The summed E-state index contributed by atoms with van der Waals surface area (Å²) in [5, 5.41) is 5.39. The van der Waals surface area contributed by atoms with Crippen LogP contribution < -0.4 is 24.8 Å². The predicted molar refractivity (Wildman–Crippen MR) is 133 cm³/mol. The van der Waals surface area contributed by atoms with E-state index in [4.69, 9.17) is 0 Å². The number of hydrogen-bond acceptors (Lipinski definition) is 0. The molecule has 0 spiro atoms. The molecule has 0 saturated heterocycles. The van der Waals surface area contributed by atoms with E-state index in [0.29, 0.717) is 5.92 Å². The monoisotopic (exact) mass is 550 g/mol. The van der Waals surface area contributed by atoms with Crippen LogP contribution in [-0.2, 0) is 24.2 Å². The van der Waals surface area contributed by atoms with Gasteiger partial charge >= 0.3 is 76.7 Å². The fourth-order valence-electron chi connectivity index (χ4n) is 3.70. The largest absolute Gasteiger partial charge is 1.00 e. The van der Waals surface area contributed by atoms with Crippen LogP contribution in [0.25, 0.3) is 21.5 Å². The second-order valence-electron chi connectivity index (χ2n) is 8.22. The molecule has 0 bridgehead atoms. The topological polar surface area (TPSA) is 0 Å². The van der Waals surface area contributed by atoms with Gasteiger partial charge in [0.05, 0.1) is 0 Å². The molecule has 1 aliphatic rings. The van der Waals surface area contributed by atoms with Gasteiger partial charge in [0.1, 0.15) is 0 Å². The van der Waals surface area contributed by atoms with Crippen molar-refractivity contribution in [2.45, 2.75) is 34.6 Å². The van der Waals surface area contributed by atoms with Crippen LogP contribution in [0.15, 0.2) is 96.1 Å². The maximum Gasteiger partial charge on any atom is -0.0771 e. The van der Waals surface area contributed by atoms with Gasteiger partial charge < -0.3 is 24.8 Å². The van der Waals surface area contributed by atoms with Crippen molar-refractivity contribution in [2.75, 3.05) is 0 Å². The van der Waals surface area contributed by atoms with E-state index in [1.54, 1.807) is 0 Å². The summed E-state index contributed by atoms with van der Waals surface area (Å²) in [7, 11) is 0. The van der Waals surface area contributed by atoms with Crippen LogP contribution in [0, 0.1) is 18.9 Å². The standard InChI is InChI=1S/C13H9.C9H10.C8H11.2ClH.Zr/c1-3-7-12-10(5-1)9-11-6-2-4-8-13(11)12;1-3-9-6-4-8(2)5-7-9;1-6-4-7(2)8(3)5-6;;;/h1-9H;4-7H,1-2H3;4,6H,1-3H3;2*1H;/q-1;;-1;;;+2/p-2. The number of rotatable bonds is 1. The molecule has 0 aromatic heterocycles. The number of hydrogen-bond donors (Lipinski definition) is 0. The van der Waals surface area contributed by atoms with Crippen LogP contribution in [-0.4, -0.2) is 3.21 Å². The van der Waals surface area contributed by atoms with Gasteiger partial charge in [-0.05, 0) is 0 Å². The van der Waals surface area contributed by atoms with E-state index < -0.39 is 0 Å². The maximum absolute atomic E-state index is 3.29. The molecule has 0 amide bonds. The van der Waals surface area contributed by atoms with Crippen LogP contribution in [0.4, 0.5) is 0 Å². The van der Waals surface area contributed by atoms with Crippen LogP contribution in [0.2, 0.25) is 0 Å². The van der Waals surface area contributed by atoms with Gasteiger partial charge in [-0.25, -0.2) is 11.1 Å². The Bertz CT molecular complexity index is 1180. The number of halogens is 2. The number of benzene rings is 3. The summed E-state index contributed by atoms with van der Waals surface area (Å²) in [4.78, 5) is 0. The van der Waals surface area contributed by atoms with E-state index in [1.165, 1.54) is 71.3 Å². The van der Waals surface area contributed by atoms with E-state index in [0.717, 1.165) is 0 Å². The van der Waals surface area contributed by atoms with E-state index in [2.05, 4.69) is 126 Å². The Kier molecular flexibility index (Phi) is 12.4. The van der Waals surface area contributed by atoms with Crippen molar-refractivity contribution in [3.8, 4) is 0 Å². The number of aryl methyl sites for hydroxylation is 1. The molecule has 0 heterocycles. The minimum Gasteiger partial charge on any atom is -1.00 e. The molecule has 0 nitrogen and oxygen atoms in total. The van der Waals surface area contributed by atoms with Crippen molar-refractivity contribution >= 4 is 24.8 Å². The van der Waals surface area contributed by atoms with Crippen molar-refractivity contribution in [1.29, 1.82) is 0 Å². The molecule has 0 N–H and O–H groups in total. The molecule has 3 heteroatoms. The second kappa shape index (κ2) is 13.9. The molecule has 0 fully saturated rings. The first-order valence-electron chi connectivity index (χ1n) is 10.8. The Labute approximate surface area is 226 Å². The minimum atomic E-state index is 0. The van der Waals surface area contributed by atoms with Crippen molar-refractivity contribution in [3.63, 3.8) is 0 Å². The van der Waals surface area contributed by atoms with Crippen molar-refractivity contribution in [1.82, 2.24) is 0 Å². The van der Waals surface area contributed by atoms with Crippen molar-refractivity contribution < 1.29 is 49.0 Å². The molecule has 1 atom stereocenters. The van der Waals surface area contributed by atoms with E-state index in [-0.39, 0.29) is 24.8 Å². The van der Waals surface area contributed by atoms with E-state index >= 15 is 0 Å². The van der Waals surface area contributed by atoms with Crippen LogP contribution in [0.3, 0.4) is 0 Å². The fraction of sp³-hybridized carbons (Fsp3) is 0.200. The van der Waals surface area contributed by atoms with Gasteiger partial charge in [0.25, 0.3) is 0 Å². The maximum atomic E-state index is 3.29. The van der Waals surface area contributed by atoms with Crippen LogP contribution in [0.1, 0.15) is 38.8 Å². The third-order valence-electron chi connectivity index (χ3n) is 5.54. The Morgan fingerprint density at radius 2 is 1.27 bits per heavy atom. The van der Waals surface area contributed by atoms with E-state index in [1.807, 2.05) is 0 Å². The third-order valence-corrected chi connectivity index (χ3v) is 6.25. The summed E-state index contributed by atoms with van der Waals surface area (Å²) in [6.07, 6.45) is 5.52. The van der Waals surface area contributed by atoms with Gasteiger partial charge in [-0.2, -0.15) is 6.08 Å². The van der Waals surface area contributed by atoms with Crippen LogP contribution >= 0.6 is 0 Å². The molecule has 1 unspecified atom stereocenters. The van der Waals surface area contributed by atoms with Gasteiger partial charge in [-0.1, -0.05) is 56.2 Å². The number of fused-ring (bicyclic) bond motifs is 3. The minimum absolute atomic E-state index is 0. The first kappa shape index (κ1) is 29.4. The van der Waals surface area contributed by atoms with Gasteiger partial charge in [-0.15, -0.1) is 46.7 Å². The Morgan fingerprint density at radius 3 is 1.64 bits per heavy atom. The smallest absolute Gasteiger partial charge is 0.0771 e. The molecular weight excluding hydrogens is 522 g/mol. The van der Waals surface area contributed by atoms with Gasteiger partial charge in [-0.3, -0.25) is 6.08 Å². The summed E-state index contributed by atoms with van der Waals surface area (Å²) in [6, 6.07) is 27.9.